The van der Waals surface area contributed by atoms with Crippen molar-refractivity contribution in [2.45, 2.75) is 258 Å². The molecule has 8 nitrogen and oxygen atoms in total. The Balaban J connectivity index is -0.000000874. The van der Waals surface area contributed by atoms with Crippen LogP contribution in [0.5, 0.6) is 0 Å². The van der Waals surface area contributed by atoms with Crippen molar-refractivity contribution in [1.82, 2.24) is 0 Å². The van der Waals surface area contributed by atoms with Crippen molar-refractivity contribution in [3.8, 4) is 0 Å². The minimum atomic E-state index is -5.17. The van der Waals surface area contributed by atoms with E-state index in [1.54, 1.807) is 0 Å². The minimum absolute atomic E-state index is 0.316. The third-order valence-electron chi connectivity index (χ3n) is 12.1. The van der Waals surface area contributed by atoms with Crippen molar-refractivity contribution in [1.29, 1.82) is 0 Å². The summed E-state index contributed by atoms with van der Waals surface area (Å²) in [6.07, 6.45) is 48.9. The van der Waals surface area contributed by atoms with Crippen LogP contribution >= 0.6 is 0 Å². The van der Waals surface area contributed by atoms with Crippen LogP contribution in [0.4, 0.5) is 0 Å². The maximum absolute atomic E-state index is 8.52. The van der Waals surface area contributed by atoms with Gasteiger partial charge >= 0.3 is 0 Å². The third kappa shape index (κ3) is 49.8. The van der Waals surface area contributed by atoms with Crippen LogP contribution in [-0.2, 0) is 10.4 Å². The van der Waals surface area contributed by atoms with E-state index in [4.69, 9.17) is 29.0 Å². The molecular formula is C46H102N4O4S. The number of nitrogens with two attached hydrogens (primary N) is 2. The van der Waals surface area contributed by atoms with Gasteiger partial charge in [-0.3, -0.25) is 19.9 Å². The summed E-state index contributed by atoms with van der Waals surface area (Å²) in [6, 6.07) is 0. The van der Waals surface area contributed by atoms with E-state index in [1.165, 1.54) is 218 Å². The Morgan fingerprint density at radius 2 is 0.509 bits per heavy atom. The Labute approximate surface area is 346 Å². The maximum atomic E-state index is 8.52. The van der Waals surface area contributed by atoms with E-state index in [0.717, 1.165) is 22.1 Å². The van der Waals surface area contributed by atoms with Crippen LogP contribution in [0.1, 0.15) is 246 Å². The van der Waals surface area contributed by atoms with Crippen LogP contribution in [0.25, 0.3) is 0 Å². The van der Waals surface area contributed by atoms with Crippen molar-refractivity contribution in [2.75, 3.05) is 41.3 Å². The first-order chi connectivity index (χ1) is 26.1. The lowest BCUT2D eigenvalue weighted by Crippen LogP contribution is -2.53. The number of rotatable bonds is 38. The van der Waals surface area contributed by atoms with E-state index in [2.05, 4.69) is 55.9 Å². The van der Waals surface area contributed by atoms with Crippen molar-refractivity contribution in [3.05, 3.63) is 0 Å². The average molecular weight is 807 g/mol. The Morgan fingerprint density at radius 1 is 0.364 bits per heavy atom. The van der Waals surface area contributed by atoms with Crippen LogP contribution in [0.2, 0.25) is 0 Å². The van der Waals surface area contributed by atoms with Crippen molar-refractivity contribution < 1.29 is 26.5 Å². The summed E-state index contributed by atoms with van der Waals surface area (Å²) >= 11 is 0. The molecule has 55 heavy (non-hydrogen) atoms. The molecule has 0 aliphatic heterocycles. The monoisotopic (exact) mass is 807 g/mol. The molecule has 0 fully saturated rings. The summed E-state index contributed by atoms with van der Waals surface area (Å²) in [5, 5.41) is 0. The Hall–Kier alpha value is -0.290. The highest BCUT2D eigenvalue weighted by Crippen LogP contribution is 2.17. The minimum Gasteiger partial charge on any atom is -0.759 e. The first-order valence-electron chi connectivity index (χ1n) is 23.9. The van der Waals surface area contributed by atoms with Crippen LogP contribution in [0, 0.1) is 0 Å². The summed E-state index contributed by atoms with van der Waals surface area (Å²) in [5.41, 5.74) is 12.6. The molecule has 0 aromatic rings. The summed E-state index contributed by atoms with van der Waals surface area (Å²) in [5.74, 6) is 0. The molecule has 0 aliphatic carbocycles. The molecule has 2 atom stereocenters. The molecule has 336 valence electrons. The fraction of sp³-hybridized carbons (Fsp3) is 1.00. The predicted molar refractivity (Wildman–Crippen MR) is 240 cm³/mol. The molecule has 0 saturated heterocycles. The molecule has 0 aliphatic rings. The molecule has 0 aromatic carbocycles. The second kappa shape index (κ2) is 41.9. The zero-order valence-electron chi connectivity index (χ0n) is 38.7. The molecule has 0 heterocycles. The van der Waals surface area contributed by atoms with Gasteiger partial charge < -0.3 is 18.1 Å². The maximum Gasteiger partial charge on any atom is 0.139 e. The fourth-order valence-corrected chi connectivity index (χ4v) is 6.97. The van der Waals surface area contributed by atoms with Gasteiger partial charge in [-0.1, -0.05) is 206 Å². The molecule has 0 bridgehead atoms. The number of hydrogen-bond acceptors (Lipinski definition) is 6. The van der Waals surface area contributed by atoms with Gasteiger partial charge in [-0.25, -0.2) is 0 Å². The molecule has 0 amide bonds. The summed E-state index contributed by atoms with van der Waals surface area (Å²) in [4.78, 5) is 0. The van der Waals surface area contributed by atoms with Crippen molar-refractivity contribution >= 4 is 10.4 Å². The Kier molecular flexibility index (Phi) is 44.9. The molecule has 0 radical (unpaired) electrons. The van der Waals surface area contributed by atoms with E-state index in [0.29, 0.717) is 12.3 Å². The van der Waals surface area contributed by atoms with Crippen molar-refractivity contribution in [2.24, 2.45) is 11.5 Å². The molecule has 0 aromatic heterocycles. The fourth-order valence-electron chi connectivity index (χ4n) is 6.97. The van der Waals surface area contributed by atoms with Gasteiger partial charge in [0.05, 0.1) is 41.3 Å². The average Bonchev–Trinajstić information content (AvgIpc) is 3.13. The summed E-state index contributed by atoms with van der Waals surface area (Å²) in [6.45, 7) is 11.3. The van der Waals surface area contributed by atoms with Crippen LogP contribution in [0.15, 0.2) is 0 Å². The lowest BCUT2D eigenvalue weighted by Gasteiger charge is -2.34. The topological polar surface area (TPSA) is 132 Å². The second-order valence-corrected chi connectivity index (χ2v) is 18.7. The normalized spacial score (nSPS) is 13.2. The largest absolute Gasteiger partial charge is 0.759 e. The first kappa shape index (κ1) is 59.0. The third-order valence-corrected chi connectivity index (χ3v) is 12.1. The highest BCUT2D eigenvalue weighted by Gasteiger charge is 2.22. The van der Waals surface area contributed by atoms with Gasteiger partial charge in [0.25, 0.3) is 0 Å². The van der Waals surface area contributed by atoms with E-state index >= 15 is 0 Å². The highest BCUT2D eigenvalue weighted by molar-refractivity contribution is 7.79. The second-order valence-electron chi connectivity index (χ2n) is 17.9. The van der Waals surface area contributed by atoms with Gasteiger partial charge in [-0.15, -0.1) is 0 Å². The van der Waals surface area contributed by atoms with E-state index < -0.39 is 10.4 Å². The molecule has 2 unspecified atom stereocenters. The highest BCUT2D eigenvalue weighted by atomic mass is 32.3. The van der Waals surface area contributed by atoms with Crippen LogP contribution in [-0.4, -0.2) is 80.1 Å². The van der Waals surface area contributed by atoms with Crippen molar-refractivity contribution in [3.63, 3.8) is 0 Å². The standard InChI is InChI=1S/2C23H51N2.H2O4S/c2*1-5-7-8-9-10-11-12-13-14-15-16-17-18-19-20-21-22-23(24)25(3,4)6-2;1-5(2,3)4/h2*23H,5-22,24H2,1-4H3;(H2,1,2,3,4)/q2*+1;/p-2. The molecular weight excluding hydrogens is 705 g/mol. The van der Waals surface area contributed by atoms with Crippen LogP contribution < -0.4 is 11.5 Å². The molecule has 0 saturated carbocycles. The van der Waals surface area contributed by atoms with E-state index in [9.17, 15) is 0 Å². The van der Waals surface area contributed by atoms with Gasteiger partial charge in [-0.2, -0.15) is 0 Å². The van der Waals surface area contributed by atoms with Gasteiger partial charge in [0.1, 0.15) is 12.3 Å². The van der Waals surface area contributed by atoms with Gasteiger partial charge in [0, 0.05) is 23.2 Å². The van der Waals surface area contributed by atoms with Gasteiger partial charge in [0.2, 0.25) is 0 Å². The van der Waals surface area contributed by atoms with E-state index in [1.807, 2.05) is 0 Å². The zero-order valence-corrected chi connectivity index (χ0v) is 39.5. The summed E-state index contributed by atoms with van der Waals surface area (Å²) in [7, 11) is 3.82. The quantitative estimate of drug-likeness (QED) is 0.0210. The number of nitrogens with zero attached hydrogens (tertiary/aromatic N) is 2. The lowest BCUT2D eigenvalue weighted by atomic mass is 10.0. The van der Waals surface area contributed by atoms with E-state index in [-0.39, 0.29) is 0 Å². The van der Waals surface area contributed by atoms with Gasteiger partial charge in [0.15, 0.2) is 0 Å². The predicted octanol–water partition coefficient (Wildman–Crippen LogP) is 12.7. The first-order valence-corrected chi connectivity index (χ1v) is 25.2. The summed E-state index contributed by atoms with van der Waals surface area (Å²) < 4.78 is 36.0. The van der Waals surface area contributed by atoms with Crippen LogP contribution in [0.3, 0.4) is 0 Å². The smallest absolute Gasteiger partial charge is 0.139 e. The molecule has 0 spiro atoms. The zero-order chi connectivity index (χ0) is 42.1. The Morgan fingerprint density at radius 3 is 0.655 bits per heavy atom. The number of hydrogen-bond donors (Lipinski definition) is 2. The lowest BCUT2D eigenvalue weighted by molar-refractivity contribution is -0.913. The molecule has 4 N–H and O–H groups in total. The number of unbranched alkanes of at least 4 members (excludes halogenated alkanes) is 30. The molecule has 0 rings (SSSR count). The SMILES string of the molecule is CCCCCCCCCCCCCCCCCCC(N)[N+](C)(C)CC.CCCCCCCCCCCCCCCCCCC(N)[N+](C)(C)CC.O=S(=O)([O-])[O-]. The molecule has 9 heteroatoms. The Bertz CT molecular complexity index is 795. The number of quaternary nitrogens is 2. The van der Waals surface area contributed by atoms with Gasteiger partial charge in [-0.05, 0) is 26.7 Å².